The summed E-state index contributed by atoms with van der Waals surface area (Å²) in [5, 5.41) is 31.1. The van der Waals surface area contributed by atoms with Gasteiger partial charge in [-0.15, -0.1) is 5.10 Å². The SMILES string of the molecule is O=C(NCc1cn(CCNc2nonc2C(=NCc2cccc(Br)c2)NO)nn1)c1ccccn1. The van der Waals surface area contributed by atoms with Crippen LogP contribution in [0.2, 0.25) is 0 Å². The number of hydroxylamine groups is 1. The number of carbonyl (C=O) groups excluding carboxylic acids is 1. The van der Waals surface area contributed by atoms with Gasteiger partial charge in [0.15, 0.2) is 11.5 Å². The number of rotatable bonds is 10. The van der Waals surface area contributed by atoms with Gasteiger partial charge in [-0.1, -0.05) is 39.3 Å². The van der Waals surface area contributed by atoms with Gasteiger partial charge in [0.25, 0.3) is 5.91 Å². The lowest BCUT2D eigenvalue weighted by Gasteiger charge is -2.06. The van der Waals surface area contributed by atoms with Gasteiger partial charge in [0.2, 0.25) is 5.82 Å². The average Bonchev–Trinajstić information content (AvgIpc) is 3.53. The highest BCUT2D eigenvalue weighted by atomic mass is 79.9. The predicted octanol–water partition coefficient (Wildman–Crippen LogP) is 1.79. The molecule has 0 spiro atoms. The van der Waals surface area contributed by atoms with Crippen LogP contribution >= 0.6 is 15.9 Å². The Morgan fingerprint density at radius 2 is 2.11 bits per heavy atom. The Balaban J connectivity index is 1.29. The monoisotopic (exact) mass is 540 g/mol. The third-order valence-electron chi connectivity index (χ3n) is 4.67. The lowest BCUT2D eigenvalue weighted by atomic mass is 10.2. The number of benzene rings is 1. The van der Waals surface area contributed by atoms with E-state index in [0.29, 0.717) is 36.8 Å². The number of hydrogen-bond acceptors (Lipinski definition) is 10. The predicted molar refractivity (Wildman–Crippen MR) is 128 cm³/mol. The minimum absolute atomic E-state index is 0.111. The number of hydrogen-bond donors (Lipinski definition) is 4. The maximum absolute atomic E-state index is 12.1. The largest absolute Gasteiger partial charge is 0.363 e. The minimum Gasteiger partial charge on any atom is -0.363 e. The molecule has 0 saturated carbocycles. The first-order valence-corrected chi connectivity index (χ1v) is 11.3. The van der Waals surface area contributed by atoms with Gasteiger partial charge >= 0.3 is 0 Å². The summed E-state index contributed by atoms with van der Waals surface area (Å²) in [6.07, 6.45) is 3.28. The molecular formula is C21H21BrN10O3. The number of carbonyl (C=O) groups is 1. The topological polar surface area (TPSA) is 168 Å². The van der Waals surface area contributed by atoms with Gasteiger partial charge in [-0.2, -0.15) is 0 Å². The highest BCUT2D eigenvalue weighted by molar-refractivity contribution is 9.10. The molecule has 0 aliphatic rings. The average molecular weight is 541 g/mol. The fraction of sp³-hybridized carbons (Fsp3) is 0.190. The molecule has 0 bridgehead atoms. The van der Waals surface area contributed by atoms with Crippen LogP contribution < -0.4 is 16.1 Å². The molecule has 0 radical (unpaired) electrons. The van der Waals surface area contributed by atoms with E-state index in [1.807, 2.05) is 29.7 Å². The van der Waals surface area contributed by atoms with Crippen molar-refractivity contribution in [2.45, 2.75) is 19.6 Å². The first-order valence-electron chi connectivity index (χ1n) is 10.5. The van der Waals surface area contributed by atoms with Gasteiger partial charge in [-0.25, -0.2) is 4.63 Å². The molecule has 0 aliphatic heterocycles. The van der Waals surface area contributed by atoms with Crippen LogP contribution in [0, 0.1) is 0 Å². The standard InChI is InChI=1S/C21H21BrN10O3/c22-15-5-3-4-14(10-15)11-25-19(28-34)18-20(30-35-29-18)24-8-9-32-13-16(27-31-32)12-26-21(33)17-6-1-2-7-23-17/h1-7,10,13,34H,8-9,11-12H2,(H,24,30)(H,25,28)(H,26,33). The van der Waals surface area contributed by atoms with Crippen molar-refractivity contribution in [3.05, 3.63) is 82.0 Å². The number of halogens is 1. The Kier molecular flexibility index (Phi) is 8.08. The molecule has 0 saturated heterocycles. The van der Waals surface area contributed by atoms with Crippen LogP contribution in [0.1, 0.15) is 27.4 Å². The van der Waals surface area contributed by atoms with E-state index in [0.717, 1.165) is 10.0 Å². The molecule has 0 atom stereocenters. The first-order chi connectivity index (χ1) is 17.1. The summed E-state index contributed by atoms with van der Waals surface area (Å²) in [5.41, 5.74) is 4.15. The fourth-order valence-corrected chi connectivity index (χ4v) is 3.45. The van der Waals surface area contributed by atoms with E-state index < -0.39 is 0 Å². The molecule has 3 aromatic heterocycles. The number of amides is 1. The second-order valence-corrected chi connectivity index (χ2v) is 8.08. The van der Waals surface area contributed by atoms with Crippen LogP contribution in [0.4, 0.5) is 5.82 Å². The van der Waals surface area contributed by atoms with Crippen LogP contribution in [0.5, 0.6) is 0 Å². The normalized spacial score (nSPS) is 11.3. The Morgan fingerprint density at radius 1 is 1.20 bits per heavy atom. The second kappa shape index (κ2) is 11.8. The third-order valence-corrected chi connectivity index (χ3v) is 5.17. The zero-order chi connectivity index (χ0) is 24.5. The zero-order valence-electron chi connectivity index (χ0n) is 18.3. The number of aliphatic imine (C=N–C) groups is 1. The van der Waals surface area contributed by atoms with Crippen LogP contribution in [-0.2, 0) is 19.6 Å². The van der Waals surface area contributed by atoms with Crippen molar-refractivity contribution in [2.24, 2.45) is 4.99 Å². The zero-order valence-corrected chi connectivity index (χ0v) is 19.9. The molecule has 13 nitrogen and oxygen atoms in total. The Hall–Kier alpha value is -4.17. The molecule has 14 heteroatoms. The number of amidine groups is 1. The summed E-state index contributed by atoms with van der Waals surface area (Å²) in [5.74, 6) is 0.130. The second-order valence-electron chi connectivity index (χ2n) is 7.17. The fourth-order valence-electron chi connectivity index (χ4n) is 3.00. The highest BCUT2D eigenvalue weighted by Gasteiger charge is 2.16. The van der Waals surface area contributed by atoms with Gasteiger partial charge < -0.3 is 10.6 Å². The molecule has 0 unspecified atom stereocenters. The number of anilines is 1. The summed E-state index contributed by atoms with van der Waals surface area (Å²) < 4.78 is 7.37. The lowest BCUT2D eigenvalue weighted by molar-refractivity contribution is 0.0945. The van der Waals surface area contributed by atoms with Crippen molar-refractivity contribution in [3.8, 4) is 0 Å². The molecule has 1 amide bonds. The number of pyridine rings is 1. The Labute approximate surface area is 207 Å². The Morgan fingerprint density at radius 3 is 2.91 bits per heavy atom. The van der Waals surface area contributed by atoms with Gasteiger partial charge in [0, 0.05) is 17.2 Å². The van der Waals surface area contributed by atoms with E-state index in [2.05, 4.69) is 57.2 Å². The van der Waals surface area contributed by atoms with Gasteiger partial charge in [-0.05, 0) is 40.1 Å². The minimum atomic E-state index is -0.289. The van der Waals surface area contributed by atoms with E-state index in [1.165, 1.54) is 0 Å². The van der Waals surface area contributed by atoms with Crippen molar-refractivity contribution in [2.75, 3.05) is 11.9 Å². The summed E-state index contributed by atoms with van der Waals surface area (Å²) in [7, 11) is 0. The number of nitrogens with one attached hydrogen (secondary N) is 3. The highest BCUT2D eigenvalue weighted by Crippen LogP contribution is 2.14. The molecular weight excluding hydrogens is 520 g/mol. The molecule has 4 rings (SSSR count). The maximum atomic E-state index is 12.1. The van der Waals surface area contributed by atoms with Crippen molar-refractivity contribution in [3.63, 3.8) is 0 Å². The molecule has 1 aromatic carbocycles. The van der Waals surface area contributed by atoms with Crippen LogP contribution in [0.25, 0.3) is 0 Å². The van der Waals surface area contributed by atoms with Crippen molar-refractivity contribution < 1.29 is 14.6 Å². The van der Waals surface area contributed by atoms with E-state index in [9.17, 15) is 10.0 Å². The molecule has 3 heterocycles. The van der Waals surface area contributed by atoms with Crippen LogP contribution in [-0.4, -0.2) is 53.8 Å². The molecule has 35 heavy (non-hydrogen) atoms. The molecule has 180 valence electrons. The van der Waals surface area contributed by atoms with Gasteiger partial charge in [0.05, 0.1) is 25.8 Å². The van der Waals surface area contributed by atoms with Crippen molar-refractivity contribution in [1.29, 1.82) is 0 Å². The number of aromatic nitrogens is 6. The van der Waals surface area contributed by atoms with Crippen molar-refractivity contribution >= 4 is 33.5 Å². The van der Waals surface area contributed by atoms with Crippen molar-refractivity contribution in [1.82, 2.24) is 41.1 Å². The number of nitrogens with zero attached hydrogens (tertiary/aromatic N) is 7. The molecule has 0 aliphatic carbocycles. The van der Waals surface area contributed by atoms with Crippen LogP contribution in [0.3, 0.4) is 0 Å². The Bertz CT molecular complexity index is 1290. The summed E-state index contributed by atoms with van der Waals surface area (Å²) in [4.78, 5) is 20.4. The summed E-state index contributed by atoms with van der Waals surface area (Å²) in [6.45, 7) is 1.40. The van der Waals surface area contributed by atoms with E-state index >= 15 is 0 Å². The quantitative estimate of drug-likeness (QED) is 0.132. The molecule has 4 aromatic rings. The van der Waals surface area contributed by atoms with Crippen LogP contribution in [0.15, 0.2) is 69.0 Å². The van der Waals surface area contributed by atoms with Gasteiger partial charge in [0.1, 0.15) is 11.4 Å². The maximum Gasteiger partial charge on any atom is 0.270 e. The van der Waals surface area contributed by atoms with E-state index in [4.69, 9.17) is 4.63 Å². The third kappa shape index (κ3) is 6.68. The first kappa shape index (κ1) is 24.0. The summed E-state index contributed by atoms with van der Waals surface area (Å²) in [6, 6.07) is 12.8. The lowest BCUT2D eigenvalue weighted by Crippen LogP contribution is -2.23. The van der Waals surface area contributed by atoms with E-state index in [-0.39, 0.29) is 24.0 Å². The molecule has 0 fully saturated rings. The van der Waals surface area contributed by atoms with E-state index in [1.54, 1.807) is 35.3 Å². The molecule has 4 N–H and O–H groups in total. The van der Waals surface area contributed by atoms with Gasteiger partial charge in [-0.3, -0.25) is 30.1 Å². The smallest absolute Gasteiger partial charge is 0.270 e. The summed E-state index contributed by atoms with van der Waals surface area (Å²) >= 11 is 3.42.